The second-order valence-electron chi connectivity index (χ2n) is 5.20. The van der Waals surface area contributed by atoms with Gasteiger partial charge in [-0.1, -0.05) is 12.5 Å². The summed E-state index contributed by atoms with van der Waals surface area (Å²) in [5.41, 5.74) is 7.68. The van der Waals surface area contributed by atoms with Crippen LogP contribution >= 0.6 is 0 Å². The zero-order valence-corrected chi connectivity index (χ0v) is 11.6. The van der Waals surface area contributed by atoms with Crippen LogP contribution in [0, 0.1) is 0 Å². The van der Waals surface area contributed by atoms with Crippen molar-refractivity contribution in [3.63, 3.8) is 0 Å². The first kappa shape index (κ1) is 14.2. The number of nitrogens with two attached hydrogens (primary N) is 1. The fourth-order valence-electron chi connectivity index (χ4n) is 2.53. The summed E-state index contributed by atoms with van der Waals surface area (Å²) in [6, 6.07) is 6.50. The summed E-state index contributed by atoms with van der Waals surface area (Å²) in [6.45, 7) is 2.06. The Morgan fingerprint density at radius 1 is 1.42 bits per heavy atom. The molecule has 0 unspecified atom stereocenters. The molecule has 0 heterocycles. The number of aliphatic hydroxyl groups excluding tert-OH is 1. The van der Waals surface area contributed by atoms with Crippen LogP contribution in [0.1, 0.15) is 31.2 Å². The highest BCUT2D eigenvalue weighted by Gasteiger charge is 2.25. The first-order chi connectivity index (χ1) is 9.24. The molecular formula is C15H24N2O2. The predicted molar refractivity (Wildman–Crippen MR) is 77.2 cm³/mol. The van der Waals surface area contributed by atoms with E-state index in [2.05, 4.69) is 4.90 Å². The van der Waals surface area contributed by atoms with Gasteiger partial charge in [-0.25, -0.2) is 0 Å². The summed E-state index contributed by atoms with van der Waals surface area (Å²) in [4.78, 5) is 2.45. The van der Waals surface area contributed by atoms with Crippen LogP contribution in [0.4, 0.5) is 5.69 Å². The van der Waals surface area contributed by atoms with Crippen molar-refractivity contribution in [2.75, 3.05) is 26.0 Å². The molecule has 0 aromatic heterocycles. The van der Waals surface area contributed by atoms with E-state index in [0.29, 0.717) is 6.04 Å². The minimum Gasteiger partial charge on any atom is -0.496 e. The second kappa shape index (κ2) is 6.78. The topological polar surface area (TPSA) is 58.7 Å². The van der Waals surface area contributed by atoms with E-state index in [1.54, 1.807) is 7.11 Å². The molecule has 1 fully saturated rings. The third-order valence-electron chi connectivity index (χ3n) is 3.88. The number of rotatable bonds is 7. The minimum absolute atomic E-state index is 0.252. The second-order valence-corrected chi connectivity index (χ2v) is 5.20. The average Bonchev–Trinajstić information content (AvgIpc) is 2.35. The molecule has 3 N–H and O–H groups in total. The number of hydrogen-bond acceptors (Lipinski definition) is 4. The highest BCUT2D eigenvalue weighted by Crippen LogP contribution is 2.29. The Morgan fingerprint density at radius 3 is 2.79 bits per heavy atom. The van der Waals surface area contributed by atoms with E-state index in [9.17, 15) is 0 Å². The summed E-state index contributed by atoms with van der Waals surface area (Å²) in [5, 5.41) is 9.02. The van der Waals surface area contributed by atoms with Crippen molar-refractivity contribution in [2.24, 2.45) is 0 Å². The zero-order valence-electron chi connectivity index (χ0n) is 11.6. The fourth-order valence-corrected chi connectivity index (χ4v) is 2.53. The van der Waals surface area contributed by atoms with E-state index in [1.807, 2.05) is 18.2 Å². The molecule has 1 aliphatic rings. The maximum Gasteiger partial charge on any atom is 0.125 e. The Balaban J connectivity index is 2.06. The van der Waals surface area contributed by atoms with Gasteiger partial charge in [0.25, 0.3) is 0 Å². The normalized spacial score (nSPS) is 15.5. The van der Waals surface area contributed by atoms with E-state index in [4.69, 9.17) is 15.6 Å². The van der Waals surface area contributed by atoms with Gasteiger partial charge < -0.3 is 15.6 Å². The Bertz CT molecular complexity index is 405. The van der Waals surface area contributed by atoms with Crippen molar-refractivity contribution in [2.45, 2.75) is 38.3 Å². The first-order valence-corrected chi connectivity index (χ1v) is 7.02. The Labute approximate surface area is 115 Å². The number of benzene rings is 1. The molecule has 0 spiro atoms. The summed E-state index contributed by atoms with van der Waals surface area (Å²) >= 11 is 0. The van der Waals surface area contributed by atoms with Crippen LogP contribution in [-0.2, 0) is 6.54 Å². The smallest absolute Gasteiger partial charge is 0.125 e. The van der Waals surface area contributed by atoms with Crippen LogP contribution in [0.5, 0.6) is 5.75 Å². The van der Waals surface area contributed by atoms with Gasteiger partial charge in [-0.2, -0.15) is 0 Å². The third-order valence-corrected chi connectivity index (χ3v) is 3.88. The standard InChI is InChI=1S/C15H24N2O2/c1-19-15-10-13(16)7-6-12(15)11-17(8-3-9-18)14-4-2-5-14/h6-7,10,14,18H,2-5,8-9,11,16H2,1H3. The number of anilines is 1. The lowest BCUT2D eigenvalue weighted by Gasteiger charge is -2.37. The molecule has 0 atom stereocenters. The summed E-state index contributed by atoms with van der Waals surface area (Å²) in [5.74, 6) is 0.855. The van der Waals surface area contributed by atoms with Gasteiger partial charge in [0.2, 0.25) is 0 Å². The lowest BCUT2D eigenvalue weighted by molar-refractivity contribution is 0.108. The summed E-state index contributed by atoms with van der Waals surface area (Å²) < 4.78 is 5.41. The molecule has 106 valence electrons. The fraction of sp³-hybridized carbons (Fsp3) is 0.600. The summed E-state index contributed by atoms with van der Waals surface area (Å²) in [7, 11) is 1.68. The Morgan fingerprint density at radius 2 is 2.21 bits per heavy atom. The van der Waals surface area contributed by atoms with Crippen LogP contribution in [0.25, 0.3) is 0 Å². The molecule has 0 amide bonds. The number of hydrogen-bond donors (Lipinski definition) is 2. The SMILES string of the molecule is COc1cc(N)ccc1CN(CCCO)C1CCC1. The number of aliphatic hydroxyl groups is 1. The lowest BCUT2D eigenvalue weighted by atomic mass is 9.91. The van der Waals surface area contributed by atoms with Crippen molar-refractivity contribution in [3.05, 3.63) is 23.8 Å². The highest BCUT2D eigenvalue weighted by atomic mass is 16.5. The number of nitrogens with zero attached hydrogens (tertiary/aromatic N) is 1. The number of nitrogen functional groups attached to an aromatic ring is 1. The van der Waals surface area contributed by atoms with Gasteiger partial charge in [-0.15, -0.1) is 0 Å². The van der Waals surface area contributed by atoms with Gasteiger partial charge in [0.1, 0.15) is 5.75 Å². The van der Waals surface area contributed by atoms with Crippen LogP contribution in [-0.4, -0.2) is 36.3 Å². The molecule has 0 radical (unpaired) electrons. The van der Waals surface area contributed by atoms with E-state index in [0.717, 1.165) is 30.9 Å². The van der Waals surface area contributed by atoms with E-state index in [1.165, 1.54) is 24.8 Å². The molecule has 1 aliphatic carbocycles. The van der Waals surface area contributed by atoms with E-state index in [-0.39, 0.29) is 6.61 Å². The monoisotopic (exact) mass is 264 g/mol. The van der Waals surface area contributed by atoms with Crippen molar-refractivity contribution < 1.29 is 9.84 Å². The van der Waals surface area contributed by atoms with Gasteiger partial charge in [-0.3, -0.25) is 4.90 Å². The zero-order chi connectivity index (χ0) is 13.7. The van der Waals surface area contributed by atoms with Crippen LogP contribution in [0.3, 0.4) is 0 Å². The minimum atomic E-state index is 0.252. The Kier molecular flexibility index (Phi) is 5.05. The van der Waals surface area contributed by atoms with Gasteiger partial charge in [0.05, 0.1) is 7.11 Å². The molecule has 0 saturated heterocycles. The van der Waals surface area contributed by atoms with Gasteiger partial charge in [0.15, 0.2) is 0 Å². The molecule has 0 aliphatic heterocycles. The average molecular weight is 264 g/mol. The van der Waals surface area contributed by atoms with Gasteiger partial charge in [0, 0.05) is 43.1 Å². The van der Waals surface area contributed by atoms with E-state index < -0.39 is 0 Å². The largest absolute Gasteiger partial charge is 0.496 e. The predicted octanol–water partition coefficient (Wildman–Crippen LogP) is 2.01. The maximum absolute atomic E-state index is 9.02. The van der Waals surface area contributed by atoms with Crippen molar-refractivity contribution in [3.8, 4) is 5.75 Å². The molecule has 2 rings (SSSR count). The maximum atomic E-state index is 9.02. The van der Waals surface area contributed by atoms with Crippen LogP contribution in [0.15, 0.2) is 18.2 Å². The molecule has 1 aromatic rings. The first-order valence-electron chi connectivity index (χ1n) is 7.02. The molecule has 0 bridgehead atoms. The molecule has 4 nitrogen and oxygen atoms in total. The van der Waals surface area contributed by atoms with Crippen molar-refractivity contribution in [1.29, 1.82) is 0 Å². The van der Waals surface area contributed by atoms with Crippen molar-refractivity contribution in [1.82, 2.24) is 4.90 Å². The molecule has 1 aromatic carbocycles. The van der Waals surface area contributed by atoms with Crippen molar-refractivity contribution >= 4 is 5.69 Å². The van der Waals surface area contributed by atoms with Crippen LogP contribution in [0.2, 0.25) is 0 Å². The van der Waals surface area contributed by atoms with E-state index >= 15 is 0 Å². The number of ether oxygens (including phenoxy) is 1. The number of methoxy groups -OCH3 is 1. The van der Waals surface area contributed by atoms with Gasteiger partial charge in [-0.05, 0) is 25.3 Å². The molecule has 1 saturated carbocycles. The molecule has 19 heavy (non-hydrogen) atoms. The quantitative estimate of drug-likeness (QED) is 0.740. The van der Waals surface area contributed by atoms with Gasteiger partial charge >= 0.3 is 0 Å². The summed E-state index contributed by atoms with van der Waals surface area (Å²) in [6.07, 6.45) is 4.68. The third kappa shape index (κ3) is 3.61. The molecular weight excluding hydrogens is 240 g/mol. The highest BCUT2D eigenvalue weighted by molar-refractivity contribution is 5.48. The molecule has 4 heteroatoms. The van der Waals surface area contributed by atoms with Crippen LogP contribution < -0.4 is 10.5 Å². The Hall–Kier alpha value is -1.26. The lowest BCUT2D eigenvalue weighted by Crippen LogP contribution is -2.40.